The predicted molar refractivity (Wildman–Crippen MR) is 103 cm³/mol. The van der Waals surface area contributed by atoms with Crippen molar-refractivity contribution in [3.63, 3.8) is 0 Å². The van der Waals surface area contributed by atoms with Crippen molar-refractivity contribution < 1.29 is 9.47 Å². The minimum Gasteiger partial charge on any atom is -0.493 e. The lowest BCUT2D eigenvalue weighted by atomic mass is 10.1. The first-order valence-corrected chi connectivity index (χ1v) is 9.11. The number of rotatable bonds is 8. The van der Waals surface area contributed by atoms with Crippen LogP contribution in [-0.2, 0) is 6.42 Å². The summed E-state index contributed by atoms with van der Waals surface area (Å²) in [4.78, 5) is 7.15. The number of nitrogens with one attached hydrogen (secondary N) is 2. The molecule has 0 aliphatic carbocycles. The highest BCUT2D eigenvalue weighted by Gasteiger charge is 2.20. The largest absolute Gasteiger partial charge is 0.493 e. The van der Waals surface area contributed by atoms with E-state index in [2.05, 4.69) is 35.6 Å². The van der Waals surface area contributed by atoms with Gasteiger partial charge in [-0.3, -0.25) is 4.99 Å². The van der Waals surface area contributed by atoms with Crippen LogP contribution in [0.1, 0.15) is 25.3 Å². The van der Waals surface area contributed by atoms with Gasteiger partial charge in [-0.2, -0.15) is 0 Å². The van der Waals surface area contributed by atoms with E-state index in [9.17, 15) is 0 Å². The van der Waals surface area contributed by atoms with Crippen molar-refractivity contribution in [3.05, 3.63) is 23.8 Å². The number of benzene rings is 1. The summed E-state index contributed by atoms with van der Waals surface area (Å²) in [6, 6.07) is 6.61. The summed E-state index contributed by atoms with van der Waals surface area (Å²) in [6.07, 6.45) is 3.42. The molecule has 6 nitrogen and oxygen atoms in total. The Morgan fingerprint density at radius 2 is 2.04 bits per heavy atom. The van der Waals surface area contributed by atoms with Crippen molar-refractivity contribution in [3.8, 4) is 11.5 Å². The van der Waals surface area contributed by atoms with E-state index in [0.717, 1.165) is 43.5 Å². The summed E-state index contributed by atoms with van der Waals surface area (Å²) in [5, 5.41) is 6.75. The Kier molecular flexibility index (Phi) is 7.85. The molecule has 1 saturated heterocycles. The lowest BCUT2D eigenvalue weighted by Gasteiger charge is -2.18. The number of methoxy groups -OCH3 is 2. The molecule has 1 atom stereocenters. The smallest absolute Gasteiger partial charge is 0.191 e. The van der Waals surface area contributed by atoms with E-state index in [4.69, 9.17) is 14.5 Å². The van der Waals surface area contributed by atoms with Gasteiger partial charge in [-0.1, -0.05) is 6.07 Å². The van der Waals surface area contributed by atoms with Crippen LogP contribution in [0.4, 0.5) is 0 Å². The molecule has 2 rings (SSSR count). The first-order chi connectivity index (χ1) is 12.2. The van der Waals surface area contributed by atoms with Gasteiger partial charge in [0.15, 0.2) is 17.5 Å². The van der Waals surface area contributed by atoms with Crippen molar-refractivity contribution in [2.24, 2.45) is 4.99 Å². The quantitative estimate of drug-likeness (QED) is 0.555. The maximum atomic E-state index is 5.36. The fourth-order valence-corrected chi connectivity index (χ4v) is 3.11. The highest BCUT2D eigenvalue weighted by atomic mass is 16.5. The van der Waals surface area contributed by atoms with Gasteiger partial charge in [0.1, 0.15) is 0 Å². The van der Waals surface area contributed by atoms with Crippen LogP contribution in [0.2, 0.25) is 0 Å². The van der Waals surface area contributed by atoms with E-state index < -0.39 is 0 Å². The fraction of sp³-hybridized carbons (Fsp3) is 0.632. The summed E-state index contributed by atoms with van der Waals surface area (Å²) in [5.41, 5.74) is 1.21. The normalized spacial score (nSPS) is 18.2. The van der Waals surface area contributed by atoms with Crippen LogP contribution in [0, 0.1) is 0 Å². The second-order valence-corrected chi connectivity index (χ2v) is 6.36. The van der Waals surface area contributed by atoms with Gasteiger partial charge in [0.2, 0.25) is 0 Å². The number of likely N-dealkylation sites (N-methyl/N-ethyl adjacent to an activating group) is 1. The Balaban J connectivity index is 1.86. The third kappa shape index (κ3) is 5.81. The summed E-state index contributed by atoms with van der Waals surface area (Å²) >= 11 is 0. The SMILES string of the molecule is CCNC(=NCC1CCCN1C)NCCc1ccc(OC)c(OC)c1. The molecule has 6 heteroatoms. The number of hydrogen-bond donors (Lipinski definition) is 2. The molecule has 1 fully saturated rings. The van der Waals surface area contributed by atoms with Crippen molar-refractivity contribution in [1.29, 1.82) is 0 Å². The van der Waals surface area contributed by atoms with Crippen molar-refractivity contribution >= 4 is 5.96 Å². The van der Waals surface area contributed by atoms with Crippen LogP contribution >= 0.6 is 0 Å². The van der Waals surface area contributed by atoms with Gasteiger partial charge < -0.3 is 25.0 Å². The van der Waals surface area contributed by atoms with Crippen molar-refractivity contribution in [2.45, 2.75) is 32.2 Å². The molecular weight excluding hydrogens is 316 g/mol. The lowest BCUT2D eigenvalue weighted by molar-refractivity contribution is 0.317. The number of nitrogens with zero attached hydrogens (tertiary/aromatic N) is 2. The molecule has 1 heterocycles. The second kappa shape index (κ2) is 10.1. The lowest BCUT2D eigenvalue weighted by Crippen LogP contribution is -2.39. The zero-order chi connectivity index (χ0) is 18.1. The molecule has 0 bridgehead atoms. The molecule has 0 saturated carbocycles. The van der Waals surface area contributed by atoms with Gasteiger partial charge in [-0.25, -0.2) is 0 Å². The molecule has 1 aliphatic rings. The molecule has 1 unspecified atom stereocenters. The molecule has 1 aliphatic heterocycles. The summed E-state index contributed by atoms with van der Waals surface area (Å²) < 4.78 is 10.6. The van der Waals surface area contributed by atoms with Crippen molar-refractivity contribution in [1.82, 2.24) is 15.5 Å². The van der Waals surface area contributed by atoms with Gasteiger partial charge in [-0.15, -0.1) is 0 Å². The van der Waals surface area contributed by atoms with E-state index in [1.54, 1.807) is 14.2 Å². The summed E-state index contributed by atoms with van der Waals surface area (Å²) in [6.45, 7) is 5.81. The van der Waals surface area contributed by atoms with Gasteiger partial charge in [0.05, 0.1) is 20.8 Å². The first kappa shape index (κ1) is 19.4. The third-order valence-corrected chi connectivity index (χ3v) is 4.63. The Morgan fingerprint density at radius 3 is 2.68 bits per heavy atom. The Morgan fingerprint density at radius 1 is 1.24 bits per heavy atom. The van der Waals surface area contributed by atoms with Crippen LogP contribution in [0.25, 0.3) is 0 Å². The number of ether oxygens (including phenoxy) is 2. The molecule has 1 aromatic rings. The van der Waals surface area contributed by atoms with Crippen molar-refractivity contribution in [2.75, 3.05) is 47.4 Å². The van der Waals surface area contributed by atoms with Gasteiger partial charge >= 0.3 is 0 Å². The maximum absolute atomic E-state index is 5.36. The average molecular weight is 348 g/mol. The molecular formula is C19H32N4O2. The molecule has 2 N–H and O–H groups in total. The van der Waals surface area contributed by atoms with Crippen LogP contribution < -0.4 is 20.1 Å². The minimum absolute atomic E-state index is 0.571. The monoisotopic (exact) mass is 348 g/mol. The van der Waals surface area contributed by atoms with Crippen LogP contribution in [0.3, 0.4) is 0 Å². The zero-order valence-corrected chi connectivity index (χ0v) is 16.0. The van der Waals surface area contributed by atoms with Crippen LogP contribution in [0.15, 0.2) is 23.2 Å². The van der Waals surface area contributed by atoms with E-state index in [0.29, 0.717) is 6.04 Å². The predicted octanol–water partition coefficient (Wildman–Crippen LogP) is 1.90. The molecule has 0 radical (unpaired) electrons. The number of guanidine groups is 1. The average Bonchev–Trinajstić information content (AvgIpc) is 3.04. The molecule has 1 aromatic carbocycles. The second-order valence-electron chi connectivity index (χ2n) is 6.36. The molecule has 140 valence electrons. The van der Waals surface area contributed by atoms with Gasteiger partial charge in [-0.05, 0) is 57.5 Å². The standard InChI is InChI=1S/C19H32N4O2/c1-5-20-19(22-14-16-7-6-12-23(16)2)21-11-10-15-8-9-17(24-3)18(13-15)25-4/h8-9,13,16H,5-7,10-12,14H2,1-4H3,(H2,20,21,22). The number of aliphatic imine (C=N–C) groups is 1. The minimum atomic E-state index is 0.571. The van der Waals surface area contributed by atoms with Crippen LogP contribution in [-0.4, -0.2) is 64.3 Å². The molecule has 25 heavy (non-hydrogen) atoms. The van der Waals surface area contributed by atoms with E-state index >= 15 is 0 Å². The topological polar surface area (TPSA) is 58.1 Å². The summed E-state index contributed by atoms with van der Waals surface area (Å²) in [5.74, 6) is 2.42. The number of likely N-dealkylation sites (tertiary alicyclic amines) is 1. The van der Waals surface area contributed by atoms with Gasteiger partial charge in [0, 0.05) is 19.1 Å². The first-order valence-electron chi connectivity index (χ1n) is 9.11. The molecule has 0 spiro atoms. The Labute approximate surface area is 151 Å². The van der Waals surface area contributed by atoms with Crippen LogP contribution in [0.5, 0.6) is 11.5 Å². The summed E-state index contributed by atoms with van der Waals surface area (Å²) in [7, 11) is 5.50. The molecule has 0 aromatic heterocycles. The number of hydrogen-bond acceptors (Lipinski definition) is 4. The maximum Gasteiger partial charge on any atom is 0.191 e. The molecule has 0 amide bonds. The highest BCUT2D eigenvalue weighted by molar-refractivity contribution is 5.79. The van der Waals surface area contributed by atoms with E-state index in [1.165, 1.54) is 24.9 Å². The highest BCUT2D eigenvalue weighted by Crippen LogP contribution is 2.27. The zero-order valence-electron chi connectivity index (χ0n) is 16.0. The fourth-order valence-electron chi connectivity index (χ4n) is 3.11. The van der Waals surface area contributed by atoms with Gasteiger partial charge in [0.25, 0.3) is 0 Å². The third-order valence-electron chi connectivity index (χ3n) is 4.63. The van der Waals surface area contributed by atoms with E-state index in [1.807, 2.05) is 12.1 Å². The van der Waals surface area contributed by atoms with E-state index in [-0.39, 0.29) is 0 Å². The Hall–Kier alpha value is -1.95. The Bertz CT molecular complexity index is 562.